The highest BCUT2D eigenvalue weighted by molar-refractivity contribution is 4.31. The summed E-state index contributed by atoms with van der Waals surface area (Å²) in [4.78, 5) is 0. The van der Waals surface area contributed by atoms with Gasteiger partial charge in [-0.2, -0.15) is 0 Å². The zero-order valence-electron chi connectivity index (χ0n) is 14.8. The van der Waals surface area contributed by atoms with E-state index in [0.717, 1.165) is 0 Å². The van der Waals surface area contributed by atoms with Crippen LogP contribution in [-0.4, -0.2) is 22.9 Å². The molecule has 0 saturated carbocycles. The van der Waals surface area contributed by atoms with Crippen LogP contribution in [0.5, 0.6) is 0 Å². The monoisotopic (exact) mass is 278 g/mol. The second kappa shape index (κ2) is 36.1. The molecule has 0 heterocycles. The van der Waals surface area contributed by atoms with Gasteiger partial charge < -0.3 is 10.2 Å². The maximum Gasteiger partial charge on any atom is 0.0483 e. The van der Waals surface area contributed by atoms with Gasteiger partial charge in [-0.1, -0.05) is 79.1 Å². The molecule has 122 valence electrons. The van der Waals surface area contributed by atoms with Gasteiger partial charge in [0.2, 0.25) is 0 Å². The smallest absolute Gasteiger partial charge is 0.0483 e. The van der Waals surface area contributed by atoms with Gasteiger partial charge in [-0.15, -0.1) is 0 Å². The van der Waals surface area contributed by atoms with E-state index in [1.54, 1.807) is 20.8 Å². The Labute approximate surface area is 123 Å². The Balaban J connectivity index is -0.0000000821. The van der Waals surface area contributed by atoms with E-state index >= 15 is 0 Å². The van der Waals surface area contributed by atoms with Crippen molar-refractivity contribution in [2.24, 2.45) is 0 Å². The summed E-state index contributed by atoms with van der Waals surface area (Å²) in [5.41, 5.74) is 0. The van der Waals surface area contributed by atoms with E-state index in [9.17, 15) is 0 Å². The lowest BCUT2D eigenvalue weighted by molar-refractivity contribution is 0.216. The van der Waals surface area contributed by atoms with Gasteiger partial charge in [-0.05, 0) is 20.8 Å². The molecule has 0 aromatic rings. The Morgan fingerprint density at radius 2 is 0.737 bits per heavy atom. The van der Waals surface area contributed by atoms with Gasteiger partial charge in [0, 0.05) is 12.7 Å². The van der Waals surface area contributed by atoms with E-state index in [0.29, 0.717) is 0 Å². The second-order valence-corrected chi connectivity index (χ2v) is 4.82. The fourth-order valence-corrected chi connectivity index (χ4v) is 1.000. The van der Waals surface area contributed by atoms with E-state index in [1.165, 1.54) is 51.4 Å². The molecule has 0 saturated heterocycles. The molecule has 0 aliphatic rings. The first-order chi connectivity index (χ1) is 8.97. The minimum absolute atomic E-state index is 0.167. The molecule has 0 aromatic carbocycles. The standard InChI is InChI=1S/2C6H14.C3H8O.C2H6O/c2*1-3-5-6-4-2;1-3(2)4;1-2-3/h2*3-6H2,1-2H3;3-4H,1-2H3;3H,2H2,1H3. The zero-order chi connectivity index (χ0) is 15.9. The van der Waals surface area contributed by atoms with Gasteiger partial charge in [-0.3, -0.25) is 0 Å². The summed E-state index contributed by atoms with van der Waals surface area (Å²) in [6.45, 7) is 14.3. The van der Waals surface area contributed by atoms with Crippen molar-refractivity contribution in [3.63, 3.8) is 0 Å². The molecule has 0 amide bonds. The van der Waals surface area contributed by atoms with Gasteiger partial charge in [0.25, 0.3) is 0 Å². The Morgan fingerprint density at radius 1 is 0.632 bits per heavy atom. The molecule has 19 heavy (non-hydrogen) atoms. The second-order valence-electron chi connectivity index (χ2n) is 4.82. The van der Waals surface area contributed by atoms with Crippen molar-refractivity contribution in [2.75, 3.05) is 6.61 Å². The molecule has 0 spiro atoms. The molecule has 0 rings (SSSR count). The number of hydrogen-bond acceptors (Lipinski definition) is 2. The molecule has 0 bridgehead atoms. The number of aliphatic hydroxyl groups excluding tert-OH is 2. The van der Waals surface area contributed by atoms with Crippen LogP contribution < -0.4 is 0 Å². The first-order valence-corrected chi connectivity index (χ1v) is 8.26. The van der Waals surface area contributed by atoms with Crippen LogP contribution in [0.15, 0.2) is 0 Å². The fourth-order valence-electron chi connectivity index (χ4n) is 1.000. The number of unbranched alkanes of at least 4 members (excludes halogenated alkanes) is 6. The van der Waals surface area contributed by atoms with E-state index in [-0.39, 0.29) is 12.7 Å². The highest BCUT2D eigenvalue weighted by Crippen LogP contribution is 1.95. The largest absolute Gasteiger partial charge is 0.397 e. The minimum Gasteiger partial charge on any atom is -0.397 e. The Kier molecular flexibility index (Phi) is 51.9. The lowest BCUT2D eigenvalue weighted by Crippen LogP contribution is -1.85. The van der Waals surface area contributed by atoms with E-state index < -0.39 is 0 Å². The van der Waals surface area contributed by atoms with Gasteiger partial charge in [-0.25, -0.2) is 0 Å². The van der Waals surface area contributed by atoms with Gasteiger partial charge >= 0.3 is 0 Å². The normalized spacial score (nSPS) is 8.53. The first-order valence-electron chi connectivity index (χ1n) is 8.26. The van der Waals surface area contributed by atoms with Crippen molar-refractivity contribution >= 4 is 0 Å². The molecular formula is C17H42O2. The molecule has 2 heteroatoms. The van der Waals surface area contributed by atoms with Crippen LogP contribution in [0.3, 0.4) is 0 Å². The predicted octanol–water partition coefficient (Wildman–Crippen LogP) is 5.56. The Bertz CT molecular complexity index is 74.5. The summed E-state index contributed by atoms with van der Waals surface area (Å²) in [5, 5.41) is 15.6. The number of hydrogen-bond donors (Lipinski definition) is 2. The van der Waals surface area contributed by atoms with E-state index in [2.05, 4.69) is 27.7 Å². The number of rotatable bonds is 6. The maximum atomic E-state index is 8.06. The minimum atomic E-state index is -0.167. The summed E-state index contributed by atoms with van der Waals surface area (Å²) >= 11 is 0. The Hall–Kier alpha value is -0.0800. The molecule has 2 nitrogen and oxygen atoms in total. The third-order valence-corrected chi connectivity index (χ3v) is 1.91. The molecular weight excluding hydrogens is 236 g/mol. The molecule has 0 aromatic heterocycles. The van der Waals surface area contributed by atoms with Crippen LogP contribution in [0.1, 0.15) is 99.8 Å². The van der Waals surface area contributed by atoms with Crippen molar-refractivity contribution in [1.29, 1.82) is 0 Å². The summed E-state index contributed by atoms with van der Waals surface area (Å²) in [5.74, 6) is 0. The highest BCUT2D eigenvalue weighted by Gasteiger charge is 1.76. The summed E-state index contributed by atoms with van der Waals surface area (Å²) in [7, 11) is 0. The van der Waals surface area contributed by atoms with Crippen molar-refractivity contribution in [1.82, 2.24) is 0 Å². The summed E-state index contributed by atoms with van der Waals surface area (Å²) in [6, 6.07) is 0. The first kappa shape index (κ1) is 27.3. The van der Waals surface area contributed by atoms with Crippen LogP contribution in [0.25, 0.3) is 0 Å². The molecule has 0 atom stereocenters. The van der Waals surface area contributed by atoms with Crippen molar-refractivity contribution in [3.8, 4) is 0 Å². The SMILES string of the molecule is CC(C)O.CCCCCC.CCCCCC.CCO. The van der Waals surface area contributed by atoms with Crippen LogP contribution in [-0.2, 0) is 0 Å². The van der Waals surface area contributed by atoms with Crippen molar-refractivity contribution < 1.29 is 10.2 Å². The summed E-state index contributed by atoms with van der Waals surface area (Å²) < 4.78 is 0. The topological polar surface area (TPSA) is 40.5 Å². The van der Waals surface area contributed by atoms with Crippen LogP contribution in [0, 0.1) is 0 Å². The average molecular weight is 279 g/mol. The van der Waals surface area contributed by atoms with E-state index in [4.69, 9.17) is 10.2 Å². The fraction of sp³-hybridized carbons (Fsp3) is 1.00. The van der Waals surface area contributed by atoms with Gasteiger partial charge in [0.15, 0.2) is 0 Å². The van der Waals surface area contributed by atoms with Crippen LogP contribution in [0.4, 0.5) is 0 Å². The lowest BCUT2D eigenvalue weighted by atomic mass is 10.2. The molecule has 0 radical (unpaired) electrons. The molecule has 0 aliphatic heterocycles. The van der Waals surface area contributed by atoms with E-state index in [1.807, 2.05) is 0 Å². The average Bonchev–Trinajstić information content (AvgIpc) is 2.35. The van der Waals surface area contributed by atoms with Crippen molar-refractivity contribution in [3.05, 3.63) is 0 Å². The van der Waals surface area contributed by atoms with Gasteiger partial charge in [0.05, 0.1) is 0 Å². The Morgan fingerprint density at radius 3 is 0.789 bits per heavy atom. The molecule has 0 unspecified atom stereocenters. The molecule has 0 fully saturated rings. The molecule has 0 aliphatic carbocycles. The highest BCUT2D eigenvalue weighted by atomic mass is 16.3. The zero-order valence-corrected chi connectivity index (χ0v) is 14.8. The quantitative estimate of drug-likeness (QED) is 0.624. The molecule has 2 N–H and O–H groups in total. The lowest BCUT2D eigenvalue weighted by Gasteiger charge is -1.86. The summed E-state index contributed by atoms with van der Waals surface area (Å²) in [6.07, 6.45) is 10.9. The predicted molar refractivity (Wildman–Crippen MR) is 89.7 cm³/mol. The maximum absolute atomic E-state index is 8.06. The van der Waals surface area contributed by atoms with Crippen LogP contribution >= 0.6 is 0 Å². The van der Waals surface area contributed by atoms with Crippen molar-refractivity contribution in [2.45, 2.75) is 106 Å². The van der Waals surface area contributed by atoms with Gasteiger partial charge in [0.1, 0.15) is 0 Å². The van der Waals surface area contributed by atoms with Crippen LogP contribution in [0.2, 0.25) is 0 Å². The number of aliphatic hydroxyl groups is 2. The third-order valence-electron chi connectivity index (χ3n) is 1.91. The third kappa shape index (κ3) is 130.